The summed E-state index contributed by atoms with van der Waals surface area (Å²) >= 11 is 0. The molecule has 1 amide bonds. The molecular weight excluding hydrogens is 250 g/mol. The van der Waals surface area contributed by atoms with Gasteiger partial charge in [0.1, 0.15) is 0 Å². The van der Waals surface area contributed by atoms with Crippen LogP contribution in [-0.2, 0) is 11.2 Å². The molecule has 2 aliphatic rings. The standard InChI is InChI=1S/C17H23NO2/c1-12-3-2-4-13(9-12)5-8-17(20)18-14-6-7-15(18)11-16(19)10-14/h2-4,9,14-16,19H,5-8,10-11H2,1H3. The zero-order chi connectivity index (χ0) is 14.1. The number of hydrogen-bond donors (Lipinski definition) is 1. The van der Waals surface area contributed by atoms with E-state index < -0.39 is 0 Å². The molecule has 3 rings (SSSR count). The average Bonchev–Trinajstić information content (AvgIpc) is 2.68. The number of rotatable bonds is 3. The molecule has 3 heteroatoms. The first-order valence-electron chi connectivity index (χ1n) is 7.68. The molecule has 2 heterocycles. The zero-order valence-corrected chi connectivity index (χ0v) is 12.1. The summed E-state index contributed by atoms with van der Waals surface area (Å²) in [7, 11) is 0. The molecule has 2 unspecified atom stereocenters. The van der Waals surface area contributed by atoms with E-state index in [1.165, 1.54) is 11.1 Å². The van der Waals surface area contributed by atoms with Crippen LogP contribution >= 0.6 is 0 Å². The minimum atomic E-state index is -0.201. The highest BCUT2D eigenvalue weighted by Gasteiger charge is 2.42. The summed E-state index contributed by atoms with van der Waals surface area (Å²) in [5.74, 6) is 0.269. The van der Waals surface area contributed by atoms with Crippen LogP contribution in [0, 0.1) is 6.92 Å². The lowest BCUT2D eigenvalue weighted by molar-refractivity contribution is -0.137. The number of benzene rings is 1. The third-order valence-electron chi connectivity index (χ3n) is 4.71. The molecule has 0 aromatic heterocycles. The second-order valence-electron chi connectivity index (χ2n) is 6.30. The van der Waals surface area contributed by atoms with Crippen LogP contribution in [0.25, 0.3) is 0 Å². The van der Waals surface area contributed by atoms with Gasteiger partial charge in [0, 0.05) is 18.5 Å². The van der Waals surface area contributed by atoms with Crippen LogP contribution in [0.1, 0.15) is 43.2 Å². The number of carbonyl (C=O) groups is 1. The lowest BCUT2D eigenvalue weighted by Gasteiger charge is -2.37. The highest BCUT2D eigenvalue weighted by Crippen LogP contribution is 2.36. The van der Waals surface area contributed by atoms with Gasteiger partial charge in [-0.25, -0.2) is 0 Å². The number of nitrogens with zero attached hydrogens (tertiary/aromatic N) is 1. The molecule has 2 aliphatic heterocycles. The van der Waals surface area contributed by atoms with Gasteiger partial charge in [-0.1, -0.05) is 29.8 Å². The molecule has 0 saturated carbocycles. The maximum absolute atomic E-state index is 12.5. The molecule has 2 bridgehead atoms. The molecule has 108 valence electrons. The number of hydrogen-bond acceptors (Lipinski definition) is 2. The fourth-order valence-corrected chi connectivity index (χ4v) is 3.80. The highest BCUT2D eigenvalue weighted by molar-refractivity contribution is 5.77. The Balaban J connectivity index is 1.60. The van der Waals surface area contributed by atoms with Crippen molar-refractivity contribution in [2.75, 3.05) is 0 Å². The smallest absolute Gasteiger partial charge is 0.223 e. The monoisotopic (exact) mass is 273 g/mol. The molecule has 0 spiro atoms. The van der Waals surface area contributed by atoms with Crippen molar-refractivity contribution >= 4 is 5.91 Å². The number of aliphatic hydroxyl groups is 1. The maximum atomic E-state index is 12.5. The summed E-state index contributed by atoms with van der Waals surface area (Å²) in [6.45, 7) is 2.08. The van der Waals surface area contributed by atoms with Gasteiger partial charge in [0.25, 0.3) is 0 Å². The van der Waals surface area contributed by atoms with Crippen LogP contribution in [0.4, 0.5) is 0 Å². The Labute approximate surface area is 120 Å². The van der Waals surface area contributed by atoms with Gasteiger partial charge in [-0.05, 0) is 44.6 Å². The van der Waals surface area contributed by atoms with Crippen molar-refractivity contribution in [3.63, 3.8) is 0 Å². The van der Waals surface area contributed by atoms with Crippen LogP contribution < -0.4 is 0 Å². The third kappa shape index (κ3) is 2.73. The minimum absolute atomic E-state index is 0.201. The van der Waals surface area contributed by atoms with Gasteiger partial charge < -0.3 is 10.0 Å². The van der Waals surface area contributed by atoms with E-state index in [2.05, 4.69) is 36.1 Å². The van der Waals surface area contributed by atoms with Crippen molar-refractivity contribution in [1.82, 2.24) is 4.90 Å². The second-order valence-corrected chi connectivity index (χ2v) is 6.30. The largest absolute Gasteiger partial charge is 0.393 e. The van der Waals surface area contributed by atoms with Crippen LogP contribution in [-0.4, -0.2) is 34.1 Å². The number of piperidine rings is 1. The van der Waals surface area contributed by atoms with Gasteiger partial charge in [0.2, 0.25) is 5.91 Å². The number of fused-ring (bicyclic) bond motifs is 2. The Morgan fingerprint density at radius 1 is 1.30 bits per heavy atom. The molecule has 2 saturated heterocycles. The zero-order valence-electron chi connectivity index (χ0n) is 12.1. The van der Waals surface area contributed by atoms with Crippen LogP contribution in [0.5, 0.6) is 0 Å². The van der Waals surface area contributed by atoms with E-state index in [1.54, 1.807) is 0 Å². The Bertz CT molecular complexity index is 486. The van der Waals surface area contributed by atoms with Crippen LogP contribution in [0.2, 0.25) is 0 Å². The van der Waals surface area contributed by atoms with E-state index in [0.717, 1.165) is 32.1 Å². The van der Waals surface area contributed by atoms with E-state index in [4.69, 9.17) is 0 Å². The third-order valence-corrected chi connectivity index (χ3v) is 4.71. The molecule has 2 fully saturated rings. The SMILES string of the molecule is Cc1cccc(CCC(=O)N2C3CCC2CC(O)C3)c1. The summed E-state index contributed by atoms with van der Waals surface area (Å²) in [4.78, 5) is 14.5. The normalized spacial score (nSPS) is 28.7. The highest BCUT2D eigenvalue weighted by atomic mass is 16.3. The predicted octanol–water partition coefficient (Wildman–Crippen LogP) is 2.44. The summed E-state index contributed by atoms with van der Waals surface area (Å²) < 4.78 is 0. The van der Waals surface area contributed by atoms with E-state index in [-0.39, 0.29) is 24.1 Å². The van der Waals surface area contributed by atoms with Crippen molar-refractivity contribution in [3.05, 3.63) is 35.4 Å². The molecule has 3 nitrogen and oxygen atoms in total. The first kappa shape index (κ1) is 13.6. The molecule has 1 aromatic carbocycles. The van der Waals surface area contributed by atoms with Gasteiger partial charge in [-0.15, -0.1) is 0 Å². The quantitative estimate of drug-likeness (QED) is 0.919. The van der Waals surface area contributed by atoms with Gasteiger partial charge >= 0.3 is 0 Å². The molecule has 0 radical (unpaired) electrons. The molecule has 1 N–H and O–H groups in total. The first-order valence-corrected chi connectivity index (χ1v) is 7.68. The fourth-order valence-electron chi connectivity index (χ4n) is 3.80. The molecular formula is C17H23NO2. The lowest BCUT2D eigenvalue weighted by atomic mass is 9.98. The van der Waals surface area contributed by atoms with Gasteiger partial charge in [-0.2, -0.15) is 0 Å². The summed E-state index contributed by atoms with van der Waals surface area (Å²) in [6.07, 6.45) is 4.88. The van der Waals surface area contributed by atoms with Crippen LogP contribution in [0.3, 0.4) is 0 Å². The fraction of sp³-hybridized carbons (Fsp3) is 0.588. The molecule has 1 aromatic rings. The van der Waals surface area contributed by atoms with E-state index in [1.807, 2.05) is 0 Å². The topological polar surface area (TPSA) is 40.5 Å². The van der Waals surface area contributed by atoms with Crippen molar-refractivity contribution in [2.24, 2.45) is 0 Å². The second kappa shape index (κ2) is 5.57. The number of carbonyl (C=O) groups excluding carboxylic acids is 1. The molecule has 2 atom stereocenters. The van der Waals surface area contributed by atoms with Gasteiger partial charge in [0.15, 0.2) is 0 Å². The van der Waals surface area contributed by atoms with Crippen molar-refractivity contribution in [2.45, 2.75) is 63.6 Å². The Morgan fingerprint density at radius 3 is 2.65 bits per heavy atom. The van der Waals surface area contributed by atoms with E-state index in [9.17, 15) is 9.90 Å². The Morgan fingerprint density at radius 2 is 2.00 bits per heavy atom. The van der Waals surface area contributed by atoms with E-state index in [0.29, 0.717) is 6.42 Å². The molecule has 0 aliphatic carbocycles. The van der Waals surface area contributed by atoms with Gasteiger partial charge in [-0.3, -0.25) is 4.79 Å². The summed E-state index contributed by atoms with van der Waals surface area (Å²) in [5, 5.41) is 9.79. The first-order chi connectivity index (χ1) is 9.63. The maximum Gasteiger partial charge on any atom is 0.223 e. The van der Waals surface area contributed by atoms with Crippen LogP contribution in [0.15, 0.2) is 24.3 Å². The number of aliphatic hydroxyl groups excluding tert-OH is 1. The summed E-state index contributed by atoms with van der Waals surface area (Å²) in [6, 6.07) is 8.95. The van der Waals surface area contributed by atoms with Crippen molar-refractivity contribution in [1.29, 1.82) is 0 Å². The lowest BCUT2D eigenvalue weighted by Crippen LogP contribution is -2.48. The predicted molar refractivity (Wildman–Crippen MR) is 78.4 cm³/mol. The Kier molecular flexibility index (Phi) is 3.79. The Hall–Kier alpha value is -1.35. The average molecular weight is 273 g/mol. The minimum Gasteiger partial charge on any atom is -0.393 e. The molecule has 20 heavy (non-hydrogen) atoms. The number of amides is 1. The van der Waals surface area contributed by atoms with Crippen molar-refractivity contribution in [3.8, 4) is 0 Å². The van der Waals surface area contributed by atoms with E-state index >= 15 is 0 Å². The number of aryl methyl sites for hydroxylation is 2. The summed E-state index contributed by atoms with van der Waals surface area (Å²) in [5.41, 5.74) is 2.49. The van der Waals surface area contributed by atoms with Crippen molar-refractivity contribution < 1.29 is 9.90 Å². The van der Waals surface area contributed by atoms with Gasteiger partial charge in [0.05, 0.1) is 6.10 Å².